The van der Waals surface area contributed by atoms with E-state index in [1.165, 1.54) is 11.9 Å². The number of rotatable bonds is 6. The molecule has 0 N–H and O–H groups in total. The lowest BCUT2D eigenvalue weighted by molar-refractivity contribution is -0.130. The number of methoxy groups -OCH3 is 2. The van der Waals surface area contributed by atoms with Crippen LogP contribution in [0.1, 0.15) is 37.4 Å². The van der Waals surface area contributed by atoms with E-state index in [1.807, 2.05) is 49.4 Å². The Balaban J connectivity index is 1.91. The van der Waals surface area contributed by atoms with Crippen molar-refractivity contribution in [2.45, 2.75) is 26.3 Å². The molecule has 0 radical (unpaired) electrons. The number of benzene rings is 2. The summed E-state index contributed by atoms with van der Waals surface area (Å²) in [7, 11) is 3.22. The second kappa shape index (κ2) is 8.12. The summed E-state index contributed by atoms with van der Waals surface area (Å²) < 4.78 is 16.3. The van der Waals surface area contributed by atoms with Gasteiger partial charge in [0.1, 0.15) is 17.2 Å². The lowest BCUT2D eigenvalue weighted by atomic mass is 9.97. The zero-order chi connectivity index (χ0) is 19.4. The SMILES string of the molecule is CCOc1ccc(C2CC(c3ccc(OC)cc3OC)=NN2C(C)=O)cc1. The number of carbonyl (C=O) groups excluding carboxylic acids is 1. The molecule has 3 rings (SSSR count). The first-order valence-electron chi connectivity index (χ1n) is 8.89. The molecule has 6 heteroatoms. The Morgan fingerprint density at radius 1 is 1.11 bits per heavy atom. The van der Waals surface area contributed by atoms with Gasteiger partial charge in [0.05, 0.1) is 32.6 Å². The van der Waals surface area contributed by atoms with Gasteiger partial charge in [-0.2, -0.15) is 5.10 Å². The van der Waals surface area contributed by atoms with Crippen molar-refractivity contribution >= 4 is 11.6 Å². The van der Waals surface area contributed by atoms with Gasteiger partial charge in [0.15, 0.2) is 0 Å². The second-order valence-electron chi connectivity index (χ2n) is 6.20. The van der Waals surface area contributed by atoms with Gasteiger partial charge in [0.2, 0.25) is 5.91 Å². The Kier molecular flexibility index (Phi) is 5.64. The van der Waals surface area contributed by atoms with Crippen molar-refractivity contribution in [1.29, 1.82) is 0 Å². The van der Waals surface area contributed by atoms with Crippen LogP contribution in [0.5, 0.6) is 17.2 Å². The third-order valence-corrected chi connectivity index (χ3v) is 4.53. The number of hydrogen-bond acceptors (Lipinski definition) is 5. The van der Waals surface area contributed by atoms with Gasteiger partial charge in [-0.05, 0) is 36.8 Å². The van der Waals surface area contributed by atoms with Gasteiger partial charge >= 0.3 is 0 Å². The molecule has 2 aromatic rings. The first kappa shape index (κ1) is 18.8. The van der Waals surface area contributed by atoms with E-state index in [4.69, 9.17) is 14.2 Å². The summed E-state index contributed by atoms with van der Waals surface area (Å²) in [6, 6.07) is 13.2. The molecule has 0 fully saturated rings. The van der Waals surface area contributed by atoms with Crippen LogP contribution in [-0.2, 0) is 4.79 Å². The van der Waals surface area contributed by atoms with Gasteiger partial charge in [-0.1, -0.05) is 12.1 Å². The fourth-order valence-corrected chi connectivity index (χ4v) is 3.21. The molecule has 1 heterocycles. The van der Waals surface area contributed by atoms with Crippen molar-refractivity contribution in [3.05, 3.63) is 53.6 Å². The zero-order valence-electron chi connectivity index (χ0n) is 16.1. The number of nitrogens with zero attached hydrogens (tertiary/aromatic N) is 2. The van der Waals surface area contributed by atoms with Crippen LogP contribution in [0, 0.1) is 0 Å². The van der Waals surface area contributed by atoms with E-state index in [9.17, 15) is 4.79 Å². The maximum Gasteiger partial charge on any atom is 0.240 e. The molecular weight excluding hydrogens is 344 g/mol. The summed E-state index contributed by atoms with van der Waals surface area (Å²) in [5.74, 6) is 2.09. The maximum absolute atomic E-state index is 12.2. The summed E-state index contributed by atoms with van der Waals surface area (Å²) in [5.41, 5.74) is 2.68. The van der Waals surface area contributed by atoms with Crippen molar-refractivity contribution in [1.82, 2.24) is 5.01 Å². The Morgan fingerprint density at radius 2 is 1.81 bits per heavy atom. The topological polar surface area (TPSA) is 60.4 Å². The van der Waals surface area contributed by atoms with Crippen molar-refractivity contribution in [3.63, 3.8) is 0 Å². The predicted octanol–water partition coefficient (Wildman–Crippen LogP) is 3.80. The molecule has 1 unspecified atom stereocenters. The summed E-state index contributed by atoms with van der Waals surface area (Å²) >= 11 is 0. The molecule has 0 aromatic heterocycles. The van der Waals surface area contributed by atoms with Gasteiger partial charge < -0.3 is 14.2 Å². The van der Waals surface area contributed by atoms with Crippen LogP contribution in [-0.4, -0.2) is 37.5 Å². The molecule has 0 aliphatic carbocycles. The molecule has 0 spiro atoms. The third kappa shape index (κ3) is 3.89. The molecular formula is C21H24N2O4. The largest absolute Gasteiger partial charge is 0.497 e. The van der Waals surface area contributed by atoms with E-state index < -0.39 is 0 Å². The number of ether oxygens (including phenoxy) is 3. The highest BCUT2D eigenvalue weighted by Crippen LogP contribution is 2.36. The lowest BCUT2D eigenvalue weighted by Gasteiger charge is -2.20. The summed E-state index contributed by atoms with van der Waals surface area (Å²) in [6.07, 6.45) is 0.607. The highest BCUT2D eigenvalue weighted by Gasteiger charge is 2.32. The van der Waals surface area contributed by atoms with Crippen LogP contribution >= 0.6 is 0 Å². The van der Waals surface area contributed by atoms with E-state index in [1.54, 1.807) is 14.2 Å². The molecule has 0 saturated carbocycles. The average Bonchev–Trinajstić information content (AvgIpc) is 3.14. The molecule has 1 atom stereocenters. The first-order chi connectivity index (χ1) is 13.1. The van der Waals surface area contributed by atoms with E-state index in [2.05, 4.69) is 5.10 Å². The average molecular weight is 368 g/mol. The first-order valence-corrected chi connectivity index (χ1v) is 8.89. The van der Waals surface area contributed by atoms with Crippen LogP contribution in [0.15, 0.2) is 47.6 Å². The maximum atomic E-state index is 12.2. The summed E-state index contributed by atoms with van der Waals surface area (Å²) in [5, 5.41) is 6.12. The fraction of sp³-hybridized carbons (Fsp3) is 0.333. The van der Waals surface area contributed by atoms with Gasteiger partial charge in [-0.25, -0.2) is 5.01 Å². The van der Waals surface area contributed by atoms with Gasteiger partial charge in [0.25, 0.3) is 0 Å². The number of hydrogen-bond donors (Lipinski definition) is 0. The minimum atomic E-state index is -0.153. The van der Waals surface area contributed by atoms with Gasteiger partial charge in [0, 0.05) is 25.0 Å². The van der Waals surface area contributed by atoms with Crippen molar-refractivity contribution in [2.75, 3.05) is 20.8 Å². The van der Waals surface area contributed by atoms with Crippen molar-refractivity contribution in [2.24, 2.45) is 5.10 Å². The molecule has 2 aromatic carbocycles. The quantitative estimate of drug-likeness (QED) is 0.778. The third-order valence-electron chi connectivity index (χ3n) is 4.53. The fourth-order valence-electron chi connectivity index (χ4n) is 3.21. The molecule has 1 amide bonds. The van der Waals surface area contributed by atoms with Crippen molar-refractivity contribution in [3.8, 4) is 17.2 Å². The smallest absolute Gasteiger partial charge is 0.240 e. The Labute approximate surface area is 159 Å². The Hall–Kier alpha value is -3.02. The predicted molar refractivity (Wildman–Crippen MR) is 104 cm³/mol. The molecule has 27 heavy (non-hydrogen) atoms. The highest BCUT2D eigenvalue weighted by molar-refractivity contribution is 6.05. The van der Waals surface area contributed by atoms with Crippen LogP contribution in [0.3, 0.4) is 0 Å². The molecule has 1 aliphatic heterocycles. The summed E-state index contributed by atoms with van der Waals surface area (Å²) in [4.78, 5) is 12.2. The molecule has 0 bridgehead atoms. The standard InChI is InChI=1S/C21H24N2O4/c1-5-27-16-8-6-15(7-9-16)20-13-19(22-23(20)14(2)24)18-11-10-17(25-3)12-21(18)26-4/h6-12,20H,5,13H2,1-4H3. The van der Waals surface area contributed by atoms with Gasteiger partial charge in [-0.3, -0.25) is 4.79 Å². The van der Waals surface area contributed by atoms with Crippen LogP contribution in [0.4, 0.5) is 0 Å². The zero-order valence-corrected chi connectivity index (χ0v) is 16.1. The number of carbonyl (C=O) groups is 1. The monoisotopic (exact) mass is 368 g/mol. The van der Waals surface area contributed by atoms with E-state index >= 15 is 0 Å². The second-order valence-corrected chi connectivity index (χ2v) is 6.20. The highest BCUT2D eigenvalue weighted by atomic mass is 16.5. The number of amides is 1. The lowest BCUT2D eigenvalue weighted by Crippen LogP contribution is -2.24. The van der Waals surface area contributed by atoms with E-state index in [0.717, 1.165) is 22.6 Å². The minimum Gasteiger partial charge on any atom is -0.497 e. The van der Waals surface area contributed by atoms with Crippen LogP contribution < -0.4 is 14.2 Å². The summed E-state index contributed by atoms with van der Waals surface area (Å²) in [6.45, 7) is 4.09. The van der Waals surface area contributed by atoms with Crippen molar-refractivity contribution < 1.29 is 19.0 Å². The van der Waals surface area contributed by atoms with Crippen LogP contribution in [0.25, 0.3) is 0 Å². The van der Waals surface area contributed by atoms with E-state index in [-0.39, 0.29) is 11.9 Å². The molecule has 1 aliphatic rings. The Morgan fingerprint density at radius 3 is 2.41 bits per heavy atom. The Bertz CT molecular complexity index is 846. The van der Waals surface area contributed by atoms with Gasteiger partial charge in [-0.15, -0.1) is 0 Å². The molecule has 0 saturated heterocycles. The minimum absolute atomic E-state index is 0.101. The number of hydrazone groups is 1. The molecule has 142 valence electrons. The van der Waals surface area contributed by atoms with Crippen LogP contribution in [0.2, 0.25) is 0 Å². The van der Waals surface area contributed by atoms with E-state index in [0.29, 0.717) is 24.5 Å². The molecule has 6 nitrogen and oxygen atoms in total. The normalized spacial score (nSPS) is 16.1.